The van der Waals surface area contributed by atoms with Gasteiger partial charge in [0.15, 0.2) is 23.1 Å². The van der Waals surface area contributed by atoms with Gasteiger partial charge in [-0.05, 0) is 34.9 Å². The Morgan fingerprint density at radius 1 is 1.11 bits per heavy atom. The van der Waals surface area contributed by atoms with Crippen molar-refractivity contribution in [2.24, 2.45) is 5.14 Å². The Bertz CT molecular complexity index is 1930. The number of aliphatic carboxylic acids is 1. The summed E-state index contributed by atoms with van der Waals surface area (Å²) in [6.07, 6.45) is -4.32. The Morgan fingerprint density at radius 2 is 1.77 bits per heavy atom. The van der Waals surface area contributed by atoms with E-state index in [9.17, 15) is 26.7 Å². The van der Waals surface area contributed by atoms with E-state index in [-0.39, 0.29) is 23.9 Å². The molecule has 0 aliphatic carbocycles. The number of carbonyl (C=O) groups is 1. The molecule has 0 saturated carbocycles. The van der Waals surface area contributed by atoms with Crippen molar-refractivity contribution in [3.63, 3.8) is 0 Å². The second kappa shape index (κ2) is 14.5. The minimum absolute atomic E-state index is 0.0172. The number of nitrogens with two attached hydrogens (primary N) is 2. The Hall–Kier alpha value is -5.11. The normalized spacial score (nSPS) is 12.4. The Morgan fingerprint density at radius 3 is 2.32 bits per heavy atom. The van der Waals surface area contributed by atoms with Gasteiger partial charge in [0.2, 0.25) is 10.0 Å². The van der Waals surface area contributed by atoms with Gasteiger partial charge in [-0.1, -0.05) is 42.5 Å². The average Bonchev–Trinajstić information content (AvgIpc) is 3.63. The van der Waals surface area contributed by atoms with Gasteiger partial charge in [0.1, 0.15) is 23.7 Å². The van der Waals surface area contributed by atoms with E-state index in [1.165, 1.54) is 12.1 Å². The maximum atomic E-state index is 11.4. The number of rotatable bonds is 11. The topological polar surface area (TPSA) is 235 Å². The highest BCUT2D eigenvalue weighted by Gasteiger charge is 2.38. The Balaban J connectivity index is 0.000000644. The molecule has 15 nitrogen and oxygen atoms in total. The molecule has 1 atom stereocenters. The number of aromatic nitrogens is 5. The van der Waals surface area contributed by atoms with E-state index in [4.69, 9.17) is 35.1 Å². The molecule has 5 rings (SSSR count). The van der Waals surface area contributed by atoms with E-state index < -0.39 is 28.3 Å². The van der Waals surface area contributed by atoms with Crippen molar-refractivity contribution in [2.45, 2.75) is 37.2 Å². The van der Waals surface area contributed by atoms with Crippen LogP contribution in [0.3, 0.4) is 0 Å². The second-order valence-electron chi connectivity index (χ2n) is 9.80. The summed E-state index contributed by atoms with van der Waals surface area (Å²) in [6, 6.07) is 15.8. The third kappa shape index (κ3) is 8.58. The summed E-state index contributed by atoms with van der Waals surface area (Å²) < 4.78 is 67.3. The number of aliphatic hydroxyl groups is 1. The molecule has 1 unspecified atom stereocenters. The summed E-state index contributed by atoms with van der Waals surface area (Å²) >= 11 is 0. The van der Waals surface area contributed by atoms with Gasteiger partial charge in [-0.15, -0.1) is 0 Å². The maximum Gasteiger partial charge on any atom is 0.490 e. The zero-order chi connectivity index (χ0) is 34.4. The smallest absolute Gasteiger partial charge is 0.487 e. The molecule has 0 radical (unpaired) electrons. The van der Waals surface area contributed by atoms with Crippen LogP contribution in [0.25, 0.3) is 33.8 Å². The number of nitrogens with one attached hydrogen (secondary N) is 1. The molecule has 0 amide bonds. The number of fused-ring (bicyclic) bond motifs is 1. The molecule has 0 spiro atoms. The predicted molar refractivity (Wildman–Crippen MR) is 161 cm³/mol. The van der Waals surface area contributed by atoms with Crippen molar-refractivity contribution in [1.29, 1.82) is 0 Å². The number of anilines is 1. The van der Waals surface area contributed by atoms with Crippen LogP contribution in [0.2, 0.25) is 0 Å². The molecule has 3 aromatic heterocycles. The first-order valence-corrected chi connectivity index (χ1v) is 15.2. The van der Waals surface area contributed by atoms with Crippen molar-refractivity contribution in [3.8, 4) is 28.5 Å². The quantitative estimate of drug-likeness (QED) is 0.135. The number of halogens is 3. The molecule has 0 fully saturated rings. The fraction of sp³-hybridized carbons (Fsp3) is 0.250. The van der Waals surface area contributed by atoms with Crippen molar-refractivity contribution < 1.29 is 46.0 Å². The van der Waals surface area contributed by atoms with Crippen molar-refractivity contribution in [2.75, 3.05) is 18.9 Å². The minimum atomic E-state index is -5.08. The number of imidazole rings is 1. The zero-order valence-electron chi connectivity index (χ0n) is 24.5. The van der Waals surface area contributed by atoms with Crippen LogP contribution >= 0.6 is 0 Å². The lowest BCUT2D eigenvalue weighted by atomic mass is 10.1. The Labute approximate surface area is 265 Å². The number of hydrogen-bond acceptors (Lipinski definition) is 12. The van der Waals surface area contributed by atoms with Crippen molar-refractivity contribution in [3.05, 3.63) is 66.4 Å². The number of aryl methyl sites for hydroxylation is 1. The number of carboxylic acids is 1. The first-order chi connectivity index (χ1) is 22.2. The van der Waals surface area contributed by atoms with E-state index in [1.54, 1.807) is 18.3 Å². The molecule has 0 saturated heterocycles. The van der Waals surface area contributed by atoms with Crippen LogP contribution in [0, 0.1) is 0 Å². The van der Waals surface area contributed by atoms with E-state index in [0.29, 0.717) is 47.1 Å². The first-order valence-electron chi connectivity index (χ1n) is 13.7. The molecular weight excluding hydrogens is 649 g/mol. The number of sulfonamides is 1. The molecule has 250 valence electrons. The summed E-state index contributed by atoms with van der Waals surface area (Å²) in [5, 5.41) is 33.6. The standard InChI is InChI=1S/C26H28N8O5S.C2HF3O2/c1-2-34-24-20(38-15-18(35)13-29-12-16-8-10-19(11-9-16)40(28,36)37)14-30-21(17-6-4-3-5-7-17)22(24)31-26(34)23-25(27)33-39-32-23;3-2(4,5)1(6)7/h3-11,14,18,29,35H,2,12-13,15H2,1H3,(H2,27,33)(H2,28,36,37);(H,6,7). The van der Waals surface area contributed by atoms with Crippen LogP contribution in [0.1, 0.15) is 12.5 Å². The average molecular weight is 679 g/mol. The zero-order valence-corrected chi connectivity index (χ0v) is 25.4. The number of aliphatic hydroxyl groups excluding tert-OH is 1. The van der Waals surface area contributed by atoms with Crippen molar-refractivity contribution >= 4 is 32.8 Å². The molecule has 2 aromatic carbocycles. The highest BCUT2D eigenvalue weighted by Crippen LogP contribution is 2.36. The summed E-state index contributed by atoms with van der Waals surface area (Å²) in [5.74, 6) is -1.75. The third-order valence-corrected chi connectivity index (χ3v) is 7.39. The number of pyridine rings is 1. The molecule has 0 bridgehead atoms. The number of benzene rings is 2. The largest absolute Gasteiger partial charge is 0.490 e. The van der Waals surface area contributed by atoms with Gasteiger partial charge in [0.25, 0.3) is 0 Å². The molecule has 7 N–H and O–H groups in total. The summed E-state index contributed by atoms with van der Waals surface area (Å²) in [6.45, 7) is 3.10. The number of alkyl halides is 3. The summed E-state index contributed by atoms with van der Waals surface area (Å²) in [5.41, 5.74) is 9.91. The minimum Gasteiger partial charge on any atom is -0.487 e. The molecule has 3 heterocycles. The van der Waals surface area contributed by atoms with Crippen LogP contribution in [0.5, 0.6) is 5.75 Å². The molecule has 5 aromatic rings. The number of hydrogen-bond donors (Lipinski definition) is 5. The van der Waals surface area contributed by atoms with Gasteiger partial charge in [-0.3, -0.25) is 0 Å². The van der Waals surface area contributed by atoms with Crippen molar-refractivity contribution in [1.82, 2.24) is 30.2 Å². The molecule has 47 heavy (non-hydrogen) atoms. The van der Waals surface area contributed by atoms with E-state index in [2.05, 4.69) is 20.6 Å². The van der Waals surface area contributed by atoms with Gasteiger partial charge >= 0.3 is 12.1 Å². The monoisotopic (exact) mass is 678 g/mol. The fourth-order valence-corrected chi connectivity index (χ4v) is 4.81. The highest BCUT2D eigenvalue weighted by atomic mass is 32.2. The van der Waals surface area contributed by atoms with Crippen LogP contribution in [-0.4, -0.2) is 74.9 Å². The second-order valence-corrected chi connectivity index (χ2v) is 11.4. The Kier molecular flexibility index (Phi) is 10.8. The molecular formula is C28H29F3N8O7S. The van der Waals surface area contributed by atoms with Gasteiger partial charge in [0.05, 0.1) is 16.8 Å². The highest BCUT2D eigenvalue weighted by molar-refractivity contribution is 7.89. The number of nitrogen functional groups attached to an aromatic ring is 1. The number of primary sulfonamides is 1. The fourth-order valence-electron chi connectivity index (χ4n) is 4.29. The lowest BCUT2D eigenvalue weighted by Gasteiger charge is -2.15. The SMILES string of the molecule is CCn1c(-c2nonc2N)nc2c(-c3ccccc3)ncc(OCC(O)CNCc3ccc(S(N)(=O)=O)cc3)c21.O=C(O)C(F)(F)F. The van der Waals surface area contributed by atoms with Crippen LogP contribution in [0.15, 0.2) is 70.3 Å². The molecule has 19 heteroatoms. The number of carboxylic acid groups (broad SMARTS) is 1. The van der Waals surface area contributed by atoms with E-state index in [0.717, 1.165) is 11.1 Å². The van der Waals surface area contributed by atoms with Gasteiger partial charge in [0, 0.05) is 25.2 Å². The maximum absolute atomic E-state index is 11.4. The van der Waals surface area contributed by atoms with E-state index >= 15 is 0 Å². The molecule has 0 aliphatic rings. The number of nitrogens with zero attached hydrogens (tertiary/aromatic N) is 5. The van der Waals surface area contributed by atoms with Gasteiger partial charge in [-0.2, -0.15) is 13.2 Å². The van der Waals surface area contributed by atoms with Crippen LogP contribution < -0.4 is 20.9 Å². The van der Waals surface area contributed by atoms with Gasteiger partial charge < -0.3 is 30.6 Å². The molecule has 0 aliphatic heterocycles. The van der Waals surface area contributed by atoms with E-state index in [1.807, 2.05) is 41.8 Å². The summed E-state index contributed by atoms with van der Waals surface area (Å²) in [7, 11) is -3.75. The third-order valence-electron chi connectivity index (χ3n) is 6.46. The number of ether oxygens (including phenoxy) is 1. The van der Waals surface area contributed by atoms with Crippen LogP contribution in [-0.2, 0) is 27.9 Å². The lowest BCUT2D eigenvalue weighted by Crippen LogP contribution is -2.31. The predicted octanol–water partition coefficient (Wildman–Crippen LogP) is 2.56. The summed E-state index contributed by atoms with van der Waals surface area (Å²) in [4.78, 5) is 18.4. The lowest BCUT2D eigenvalue weighted by molar-refractivity contribution is -0.192. The van der Waals surface area contributed by atoms with Gasteiger partial charge in [-0.25, -0.2) is 32.9 Å². The van der Waals surface area contributed by atoms with Crippen LogP contribution in [0.4, 0.5) is 19.0 Å². The first kappa shape index (κ1) is 34.8.